The number of nitrogens with zero attached hydrogens (tertiary/aromatic N) is 2. The van der Waals surface area contributed by atoms with E-state index in [4.69, 9.17) is 4.74 Å². The maximum atomic E-state index is 12.6. The normalized spacial score (nSPS) is 20.4. The first-order valence-corrected chi connectivity index (χ1v) is 12.0. The average Bonchev–Trinajstić information content (AvgIpc) is 2.97. The van der Waals surface area contributed by atoms with Gasteiger partial charge in [0.15, 0.2) is 0 Å². The molecule has 1 fully saturated rings. The molecule has 2 aliphatic rings. The number of aryl methyl sites for hydroxylation is 2. The number of ether oxygens (including phenoxy) is 1. The van der Waals surface area contributed by atoms with Gasteiger partial charge >= 0.3 is 6.09 Å². The monoisotopic (exact) mass is 430 g/mol. The summed E-state index contributed by atoms with van der Waals surface area (Å²) in [5.74, 6) is 0.500. The molecule has 4 nitrogen and oxygen atoms in total. The van der Waals surface area contributed by atoms with Crippen molar-refractivity contribution >= 4 is 6.09 Å². The van der Waals surface area contributed by atoms with Gasteiger partial charge in [0.1, 0.15) is 5.60 Å². The number of hydrogen-bond acceptors (Lipinski definition) is 3. The predicted octanol–water partition coefficient (Wildman–Crippen LogP) is 6.43. The third-order valence-electron chi connectivity index (χ3n) is 7.59. The quantitative estimate of drug-likeness (QED) is 0.542. The first kappa shape index (κ1) is 25.7. The van der Waals surface area contributed by atoms with E-state index < -0.39 is 5.60 Å². The standard InChI is InChI=1S/C25H40N2O2.C2H6/c1-17-14-19-20(15-18(17)2)25(16-21(19)24(6,7)26(8)9)10-12-27(13-11-25)22(28)29-23(3,4)5;1-2/h14-15,21H,10-13,16H2,1-9H3;1-2H3. The zero-order valence-electron chi connectivity index (χ0n) is 22.0. The Morgan fingerprint density at radius 1 is 1.03 bits per heavy atom. The molecule has 1 aliphatic heterocycles. The van der Waals surface area contributed by atoms with Crippen molar-refractivity contribution in [3.8, 4) is 0 Å². The van der Waals surface area contributed by atoms with Crippen LogP contribution in [0.4, 0.5) is 4.79 Å². The van der Waals surface area contributed by atoms with Gasteiger partial charge in [-0.05, 0) is 109 Å². The lowest BCUT2D eigenvalue weighted by Gasteiger charge is -2.43. The molecule has 1 unspecified atom stereocenters. The van der Waals surface area contributed by atoms with Crippen molar-refractivity contribution in [1.82, 2.24) is 9.80 Å². The van der Waals surface area contributed by atoms with E-state index in [1.165, 1.54) is 28.7 Å². The molecule has 1 saturated heterocycles. The Morgan fingerprint density at radius 3 is 2.03 bits per heavy atom. The average molecular weight is 431 g/mol. The van der Waals surface area contributed by atoms with E-state index in [-0.39, 0.29) is 17.0 Å². The third kappa shape index (κ3) is 5.10. The minimum Gasteiger partial charge on any atom is -0.444 e. The predicted molar refractivity (Wildman–Crippen MR) is 131 cm³/mol. The summed E-state index contributed by atoms with van der Waals surface area (Å²) < 4.78 is 5.62. The summed E-state index contributed by atoms with van der Waals surface area (Å²) in [4.78, 5) is 16.8. The molecule has 1 aliphatic carbocycles. The van der Waals surface area contributed by atoms with Crippen molar-refractivity contribution in [3.63, 3.8) is 0 Å². The molecule has 1 spiro atoms. The summed E-state index contributed by atoms with van der Waals surface area (Å²) in [6.07, 6.45) is 3.03. The summed E-state index contributed by atoms with van der Waals surface area (Å²) in [5.41, 5.74) is 5.63. The second-order valence-electron chi connectivity index (χ2n) is 11.1. The minimum absolute atomic E-state index is 0.0856. The summed E-state index contributed by atoms with van der Waals surface area (Å²) >= 11 is 0. The first-order valence-electron chi connectivity index (χ1n) is 12.0. The summed E-state index contributed by atoms with van der Waals surface area (Å²) in [6.45, 7) is 20.5. The number of rotatable bonds is 2. The van der Waals surface area contributed by atoms with Crippen molar-refractivity contribution in [1.29, 1.82) is 0 Å². The maximum Gasteiger partial charge on any atom is 0.410 e. The van der Waals surface area contributed by atoms with Crippen LogP contribution in [0.25, 0.3) is 0 Å². The van der Waals surface area contributed by atoms with Gasteiger partial charge in [0.2, 0.25) is 0 Å². The molecule has 1 aromatic rings. The SMILES string of the molecule is CC.Cc1cc2c(cc1C)C1(CCN(C(=O)OC(C)(C)C)CC1)CC2C(C)(C)N(C)C. The Labute approximate surface area is 191 Å². The van der Waals surface area contributed by atoms with E-state index >= 15 is 0 Å². The number of piperidine rings is 1. The zero-order chi connectivity index (χ0) is 23.8. The lowest BCUT2D eigenvalue weighted by molar-refractivity contribution is 0.0154. The number of benzene rings is 1. The molecule has 1 heterocycles. The Morgan fingerprint density at radius 2 is 1.55 bits per heavy atom. The van der Waals surface area contributed by atoms with E-state index in [1.807, 2.05) is 39.5 Å². The second-order valence-corrected chi connectivity index (χ2v) is 11.1. The number of fused-ring (bicyclic) bond motifs is 2. The van der Waals surface area contributed by atoms with Gasteiger partial charge in [0.05, 0.1) is 0 Å². The molecule has 0 bridgehead atoms. The Balaban J connectivity index is 0.00000166. The number of hydrogen-bond donors (Lipinski definition) is 0. The van der Waals surface area contributed by atoms with Crippen LogP contribution in [0.1, 0.15) is 95.9 Å². The van der Waals surface area contributed by atoms with Gasteiger partial charge < -0.3 is 14.5 Å². The molecule has 4 heteroatoms. The molecule has 31 heavy (non-hydrogen) atoms. The smallest absolute Gasteiger partial charge is 0.410 e. The molecule has 176 valence electrons. The molecule has 1 aromatic carbocycles. The Bertz CT molecular complexity index is 781. The molecule has 0 N–H and O–H groups in total. The molecule has 0 aromatic heterocycles. The highest BCUT2D eigenvalue weighted by Gasteiger charge is 2.50. The zero-order valence-corrected chi connectivity index (χ0v) is 22.0. The first-order chi connectivity index (χ1) is 14.3. The van der Waals surface area contributed by atoms with Crippen LogP contribution in [-0.2, 0) is 10.2 Å². The summed E-state index contributed by atoms with van der Waals surface area (Å²) in [5, 5.41) is 0. The lowest BCUT2D eigenvalue weighted by atomic mass is 9.71. The van der Waals surface area contributed by atoms with E-state index in [2.05, 4.69) is 58.8 Å². The molecule has 3 rings (SSSR count). The van der Waals surface area contributed by atoms with Crippen LogP contribution in [0.5, 0.6) is 0 Å². The fraction of sp³-hybridized carbons (Fsp3) is 0.741. The minimum atomic E-state index is -0.443. The van der Waals surface area contributed by atoms with Gasteiger partial charge in [-0.3, -0.25) is 0 Å². The Hall–Kier alpha value is -1.55. The van der Waals surface area contributed by atoms with E-state index in [1.54, 1.807) is 0 Å². The van der Waals surface area contributed by atoms with E-state index in [0.29, 0.717) is 5.92 Å². The van der Waals surface area contributed by atoms with Gasteiger partial charge in [-0.2, -0.15) is 0 Å². The number of likely N-dealkylation sites (N-methyl/N-ethyl adjacent to an activating group) is 1. The van der Waals surface area contributed by atoms with Crippen LogP contribution in [-0.4, -0.2) is 54.2 Å². The summed E-state index contributed by atoms with van der Waals surface area (Å²) in [7, 11) is 4.38. The van der Waals surface area contributed by atoms with Gasteiger partial charge in [-0.15, -0.1) is 0 Å². The number of likely N-dealkylation sites (tertiary alicyclic amines) is 1. The van der Waals surface area contributed by atoms with Crippen LogP contribution >= 0.6 is 0 Å². The molecular formula is C27H46N2O2. The van der Waals surface area contributed by atoms with Gasteiger partial charge in [-0.1, -0.05) is 26.0 Å². The highest BCUT2D eigenvalue weighted by atomic mass is 16.6. The lowest BCUT2D eigenvalue weighted by Crippen LogP contribution is -2.47. The maximum absolute atomic E-state index is 12.6. The fourth-order valence-corrected chi connectivity index (χ4v) is 5.06. The molecule has 1 atom stereocenters. The third-order valence-corrected chi connectivity index (χ3v) is 7.59. The van der Waals surface area contributed by atoms with Crippen molar-refractivity contribution in [2.45, 2.75) is 104 Å². The van der Waals surface area contributed by atoms with Crippen LogP contribution in [0.15, 0.2) is 12.1 Å². The van der Waals surface area contributed by atoms with Crippen LogP contribution < -0.4 is 0 Å². The van der Waals surface area contributed by atoms with Crippen molar-refractivity contribution < 1.29 is 9.53 Å². The number of carbonyl (C=O) groups excluding carboxylic acids is 1. The van der Waals surface area contributed by atoms with Gasteiger partial charge in [0, 0.05) is 24.5 Å². The van der Waals surface area contributed by atoms with Crippen LogP contribution in [0, 0.1) is 13.8 Å². The van der Waals surface area contributed by atoms with E-state index in [9.17, 15) is 4.79 Å². The largest absolute Gasteiger partial charge is 0.444 e. The van der Waals surface area contributed by atoms with Gasteiger partial charge in [0.25, 0.3) is 0 Å². The molecular weight excluding hydrogens is 384 g/mol. The molecule has 0 radical (unpaired) electrons. The molecule has 1 amide bonds. The molecule has 0 saturated carbocycles. The van der Waals surface area contributed by atoms with Crippen LogP contribution in [0.2, 0.25) is 0 Å². The van der Waals surface area contributed by atoms with Crippen molar-refractivity contribution in [2.75, 3.05) is 27.2 Å². The highest BCUT2D eigenvalue weighted by molar-refractivity contribution is 5.68. The van der Waals surface area contributed by atoms with Crippen molar-refractivity contribution in [3.05, 3.63) is 34.4 Å². The fourth-order valence-electron chi connectivity index (χ4n) is 5.06. The highest BCUT2D eigenvalue weighted by Crippen LogP contribution is 2.56. The summed E-state index contributed by atoms with van der Waals surface area (Å²) in [6, 6.07) is 4.88. The second kappa shape index (κ2) is 9.13. The Kier molecular flexibility index (Phi) is 7.57. The number of carbonyl (C=O) groups is 1. The van der Waals surface area contributed by atoms with Crippen molar-refractivity contribution in [2.24, 2.45) is 0 Å². The van der Waals surface area contributed by atoms with Gasteiger partial charge in [-0.25, -0.2) is 4.79 Å². The van der Waals surface area contributed by atoms with E-state index in [0.717, 1.165) is 25.9 Å². The number of amides is 1. The van der Waals surface area contributed by atoms with Crippen LogP contribution in [0.3, 0.4) is 0 Å². The topological polar surface area (TPSA) is 32.8 Å².